The lowest BCUT2D eigenvalue weighted by Gasteiger charge is -2.32. The summed E-state index contributed by atoms with van der Waals surface area (Å²) >= 11 is 0. The van der Waals surface area contributed by atoms with Crippen molar-refractivity contribution in [2.45, 2.75) is 45.3 Å². The topological polar surface area (TPSA) is 77.6 Å². The largest absolute Gasteiger partial charge is 0.467 e. The number of amides is 1. The summed E-state index contributed by atoms with van der Waals surface area (Å²) in [6.07, 6.45) is 2.24. The first kappa shape index (κ1) is 24.4. The van der Waals surface area contributed by atoms with Gasteiger partial charge in [-0.2, -0.15) is 0 Å². The molecular formula is C28H31N3O4. The van der Waals surface area contributed by atoms with Crippen LogP contribution in [0.15, 0.2) is 82.2 Å². The quantitative estimate of drug-likeness (QED) is 0.327. The molecule has 0 bridgehead atoms. The van der Waals surface area contributed by atoms with Gasteiger partial charge in [0, 0.05) is 7.11 Å². The van der Waals surface area contributed by atoms with Gasteiger partial charge in [0.25, 0.3) is 5.56 Å². The molecule has 35 heavy (non-hydrogen) atoms. The molecule has 0 N–H and O–H groups in total. The Labute approximate surface area is 205 Å². The first-order valence-electron chi connectivity index (χ1n) is 11.9. The molecule has 0 aliphatic rings. The maximum atomic E-state index is 14.0. The molecule has 0 radical (unpaired) electrons. The van der Waals surface area contributed by atoms with Gasteiger partial charge in [0.05, 0.1) is 48.8 Å². The van der Waals surface area contributed by atoms with Gasteiger partial charge in [0.2, 0.25) is 5.91 Å². The molecule has 7 heteroatoms. The first-order chi connectivity index (χ1) is 17.0. The zero-order chi connectivity index (χ0) is 24.8. The molecule has 2 heterocycles. The summed E-state index contributed by atoms with van der Waals surface area (Å²) in [4.78, 5) is 34.1. The van der Waals surface area contributed by atoms with Crippen molar-refractivity contribution in [3.05, 3.63) is 100 Å². The van der Waals surface area contributed by atoms with E-state index in [1.165, 1.54) is 0 Å². The molecule has 0 saturated heterocycles. The van der Waals surface area contributed by atoms with Crippen LogP contribution in [-0.2, 0) is 22.6 Å². The van der Waals surface area contributed by atoms with Crippen LogP contribution < -0.4 is 5.56 Å². The van der Waals surface area contributed by atoms with E-state index in [-0.39, 0.29) is 23.9 Å². The Kier molecular flexibility index (Phi) is 7.77. The van der Waals surface area contributed by atoms with Crippen LogP contribution in [0.2, 0.25) is 0 Å². The number of fused-ring (bicyclic) bond motifs is 1. The lowest BCUT2D eigenvalue weighted by atomic mass is 9.94. The lowest BCUT2D eigenvalue weighted by molar-refractivity contribution is -0.136. The Balaban J connectivity index is 1.81. The van der Waals surface area contributed by atoms with Crippen LogP contribution in [0.4, 0.5) is 0 Å². The van der Waals surface area contributed by atoms with Crippen LogP contribution in [-0.4, -0.2) is 34.1 Å². The fourth-order valence-electron chi connectivity index (χ4n) is 4.46. The predicted octanol–water partition coefficient (Wildman–Crippen LogP) is 4.92. The Morgan fingerprint density at radius 2 is 1.83 bits per heavy atom. The number of methoxy groups -OCH3 is 1. The molecule has 1 amide bonds. The molecule has 2 atom stereocenters. The molecule has 7 nitrogen and oxygen atoms in total. The van der Waals surface area contributed by atoms with Crippen molar-refractivity contribution in [1.82, 2.24) is 14.5 Å². The Morgan fingerprint density at radius 3 is 2.51 bits per heavy atom. The number of hydrogen-bond donors (Lipinski definition) is 0. The predicted molar refractivity (Wildman–Crippen MR) is 135 cm³/mol. The molecule has 0 aliphatic heterocycles. The van der Waals surface area contributed by atoms with E-state index in [1.54, 1.807) is 35.0 Å². The number of furan rings is 1. The van der Waals surface area contributed by atoms with Crippen LogP contribution in [0.3, 0.4) is 0 Å². The monoisotopic (exact) mass is 473 g/mol. The molecule has 0 saturated carbocycles. The van der Waals surface area contributed by atoms with E-state index in [9.17, 15) is 9.59 Å². The van der Waals surface area contributed by atoms with Crippen LogP contribution in [0.5, 0.6) is 0 Å². The molecule has 2 aromatic carbocycles. The highest BCUT2D eigenvalue weighted by Crippen LogP contribution is 2.29. The summed E-state index contributed by atoms with van der Waals surface area (Å²) in [5.74, 6) is 0.824. The maximum Gasteiger partial charge on any atom is 0.261 e. The van der Waals surface area contributed by atoms with Crippen molar-refractivity contribution in [3.8, 4) is 0 Å². The molecule has 4 aromatic rings. The summed E-state index contributed by atoms with van der Waals surface area (Å²) in [6, 6.07) is 20.2. The normalized spacial score (nSPS) is 13.0. The fraction of sp³-hybridized carbons (Fsp3) is 0.321. The average molecular weight is 474 g/mol. The summed E-state index contributed by atoms with van der Waals surface area (Å²) < 4.78 is 12.5. The third kappa shape index (κ3) is 5.20. The Hall–Kier alpha value is -3.71. The van der Waals surface area contributed by atoms with E-state index in [1.807, 2.05) is 68.4 Å². The number of benzene rings is 2. The Morgan fingerprint density at radius 1 is 1.09 bits per heavy atom. The second kappa shape index (κ2) is 11.1. The highest BCUT2D eigenvalue weighted by atomic mass is 16.5. The number of nitrogens with zero attached hydrogens (tertiary/aromatic N) is 3. The van der Waals surface area contributed by atoms with Crippen molar-refractivity contribution >= 4 is 16.8 Å². The minimum absolute atomic E-state index is 0.0386. The van der Waals surface area contributed by atoms with Crippen molar-refractivity contribution in [3.63, 3.8) is 0 Å². The van der Waals surface area contributed by atoms with Gasteiger partial charge in [0.1, 0.15) is 11.6 Å². The Bertz CT molecular complexity index is 1320. The number of para-hydroxylation sites is 1. The van der Waals surface area contributed by atoms with Gasteiger partial charge >= 0.3 is 0 Å². The van der Waals surface area contributed by atoms with E-state index >= 15 is 0 Å². The molecule has 0 aliphatic carbocycles. The van der Waals surface area contributed by atoms with Crippen LogP contribution in [0.1, 0.15) is 49.4 Å². The van der Waals surface area contributed by atoms with Crippen molar-refractivity contribution in [2.75, 3.05) is 13.7 Å². The molecule has 2 unspecified atom stereocenters. The van der Waals surface area contributed by atoms with Gasteiger partial charge in [-0.1, -0.05) is 49.4 Å². The smallest absolute Gasteiger partial charge is 0.261 e. The number of aromatic nitrogens is 2. The molecule has 0 spiro atoms. The molecule has 182 valence electrons. The van der Waals surface area contributed by atoms with Crippen molar-refractivity contribution < 1.29 is 13.9 Å². The van der Waals surface area contributed by atoms with E-state index in [2.05, 4.69) is 0 Å². The molecule has 0 fully saturated rings. The minimum Gasteiger partial charge on any atom is -0.467 e. The SMILES string of the molecule is CCC(C(=O)N(Cc1ccco1)C(C)c1nc2ccccc2c(=O)n1CCOC)c1ccccc1. The number of rotatable bonds is 10. The highest BCUT2D eigenvalue weighted by Gasteiger charge is 2.31. The van der Waals surface area contributed by atoms with Gasteiger partial charge in [-0.3, -0.25) is 14.2 Å². The van der Waals surface area contributed by atoms with Crippen LogP contribution in [0, 0.1) is 0 Å². The number of carbonyl (C=O) groups excluding carboxylic acids is 1. The van der Waals surface area contributed by atoms with E-state index < -0.39 is 6.04 Å². The highest BCUT2D eigenvalue weighted by molar-refractivity contribution is 5.84. The van der Waals surface area contributed by atoms with Gasteiger partial charge in [0.15, 0.2) is 0 Å². The van der Waals surface area contributed by atoms with E-state index in [4.69, 9.17) is 14.1 Å². The van der Waals surface area contributed by atoms with Crippen molar-refractivity contribution in [2.24, 2.45) is 0 Å². The van der Waals surface area contributed by atoms with Crippen molar-refractivity contribution in [1.29, 1.82) is 0 Å². The zero-order valence-electron chi connectivity index (χ0n) is 20.4. The standard InChI is InChI=1S/C28H31N3O4/c1-4-23(21-11-6-5-7-12-21)27(32)31(19-22-13-10-17-35-22)20(2)26-29-25-15-9-8-14-24(25)28(33)30(26)16-18-34-3/h5-15,17,20,23H,4,16,18-19H2,1-3H3. The molecular weight excluding hydrogens is 442 g/mol. The van der Waals surface area contributed by atoms with Gasteiger partial charge in [-0.05, 0) is 43.2 Å². The molecule has 2 aromatic heterocycles. The van der Waals surface area contributed by atoms with Crippen LogP contribution >= 0.6 is 0 Å². The maximum absolute atomic E-state index is 14.0. The van der Waals surface area contributed by atoms with Crippen LogP contribution in [0.25, 0.3) is 10.9 Å². The third-order valence-electron chi connectivity index (χ3n) is 6.35. The van der Waals surface area contributed by atoms with E-state index in [0.29, 0.717) is 42.1 Å². The zero-order valence-corrected chi connectivity index (χ0v) is 20.4. The lowest BCUT2D eigenvalue weighted by Crippen LogP contribution is -2.40. The second-order valence-electron chi connectivity index (χ2n) is 8.53. The third-order valence-corrected chi connectivity index (χ3v) is 6.35. The molecule has 4 rings (SSSR count). The fourth-order valence-corrected chi connectivity index (χ4v) is 4.46. The van der Waals surface area contributed by atoms with Gasteiger partial charge in [-0.15, -0.1) is 0 Å². The van der Waals surface area contributed by atoms with Gasteiger partial charge < -0.3 is 14.1 Å². The summed E-state index contributed by atoms with van der Waals surface area (Å²) in [7, 11) is 1.60. The number of carbonyl (C=O) groups is 1. The van der Waals surface area contributed by atoms with E-state index in [0.717, 1.165) is 5.56 Å². The number of ether oxygens (including phenoxy) is 1. The summed E-state index contributed by atoms with van der Waals surface area (Å²) in [6.45, 7) is 4.88. The summed E-state index contributed by atoms with van der Waals surface area (Å²) in [5.41, 5.74) is 1.42. The number of hydrogen-bond acceptors (Lipinski definition) is 5. The summed E-state index contributed by atoms with van der Waals surface area (Å²) in [5, 5.41) is 0.541. The average Bonchev–Trinajstić information content (AvgIpc) is 3.41. The minimum atomic E-state index is -0.487. The van der Waals surface area contributed by atoms with Gasteiger partial charge in [-0.25, -0.2) is 4.98 Å². The first-order valence-corrected chi connectivity index (χ1v) is 11.9. The second-order valence-corrected chi connectivity index (χ2v) is 8.53.